The van der Waals surface area contributed by atoms with Gasteiger partial charge in [0.15, 0.2) is 0 Å². The van der Waals surface area contributed by atoms with Crippen LogP contribution in [0.25, 0.3) is 11.3 Å². The average Bonchev–Trinajstić information content (AvgIpc) is 2.71. The summed E-state index contributed by atoms with van der Waals surface area (Å²) >= 11 is 9.31. The van der Waals surface area contributed by atoms with Crippen LogP contribution in [0.15, 0.2) is 39.2 Å². The van der Waals surface area contributed by atoms with E-state index in [1.165, 1.54) is 0 Å². The highest BCUT2D eigenvalue weighted by Gasteiger charge is 2.08. The van der Waals surface area contributed by atoms with E-state index < -0.39 is 0 Å². The van der Waals surface area contributed by atoms with Crippen LogP contribution >= 0.6 is 27.5 Å². The molecule has 1 atom stereocenters. The predicted molar refractivity (Wildman–Crippen MR) is 69.5 cm³/mol. The minimum absolute atomic E-state index is 0.0931. The normalized spacial score (nSPS) is 12.8. The Bertz CT molecular complexity index is 507. The van der Waals surface area contributed by atoms with Crippen molar-refractivity contribution >= 4 is 27.5 Å². The van der Waals surface area contributed by atoms with Gasteiger partial charge in [-0.1, -0.05) is 11.6 Å². The van der Waals surface area contributed by atoms with Gasteiger partial charge in [0.2, 0.25) is 0 Å². The Kier molecular flexibility index (Phi) is 3.38. The Morgan fingerprint density at radius 1 is 1.31 bits per heavy atom. The van der Waals surface area contributed by atoms with Crippen molar-refractivity contribution in [1.82, 2.24) is 0 Å². The van der Waals surface area contributed by atoms with Crippen molar-refractivity contribution in [2.75, 3.05) is 0 Å². The maximum Gasteiger partial charge on any atom is 0.134 e. The quantitative estimate of drug-likeness (QED) is 0.894. The summed E-state index contributed by atoms with van der Waals surface area (Å²) in [5, 5.41) is 0.683. The van der Waals surface area contributed by atoms with Crippen LogP contribution in [-0.4, -0.2) is 0 Å². The highest BCUT2D eigenvalue weighted by molar-refractivity contribution is 9.10. The van der Waals surface area contributed by atoms with E-state index in [9.17, 15) is 0 Å². The Morgan fingerprint density at radius 2 is 2.06 bits per heavy atom. The molecule has 0 aliphatic heterocycles. The lowest BCUT2D eigenvalue weighted by atomic mass is 10.2. The SMILES string of the molecule is CC(N)c1ccc(-c2ccc(Cl)c(Br)c2)o1. The second kappa shape index (κ2) is 4.62. The topological polar surface area (TPSA) is 39.2 Å². The van der Waals surface area contributed by atoms with Gasteiger partial charge in [-0.3, -0.25) is 0 Å². The molecule has 2 rings (SSSR count). The Balaban J connectivity index is 2.39. The van der Waals surface area contributed by atoms with Crippen molar-refractivity contribution in [3.63, 3.8) is 0 Å². The van der Waals surface area contributed by atoms with Crippen LogP contribution in [-0.2, 0) is 0 Å². The van der Waals surface area contributed by atoms with E-state index in [1.54, 1.807) is 0 Å². The van der Waals surface area contributed by atoms with Crippen molar-refractivity contribution < 1.29 is 4.42 Å². The molecule has 1 unspecified atom stereocenters. The third-order valence-corrected chi connectivity index (χ3v) is 3.49. The van der Waals surface area contributed by atoms with Crippen LogP contribution in [0, 0.1) is 0 Å². The zero-order chi connectivity index (χ0) is 11.7. The Hall–Kier alpha value is -0.770. The summed E-state index contributed by atoms with van der Waals surface area (Å²) < 4.78 is 6.49. The molecular formula is C12H11BrClNO. The Morgan fingerprint density at radius 3 is 2.62 bits per heavy atom. The van der Waals surface area contributed by atoms with Crippen molar-refractivity contribution in [2.24, 2.45) is 5.73 Å². The Labute approximate surface area is 108 Å². The van der Waals surface area contributed by atoms with E-state index in [4.69, 9.17) is 21.8 Å². The molecule has 0 fully saturated rings. The van der Waals surface area contributed by atoms with Crippen LogP contribution in [0.2, 0.25) is 5.02 Å². The summed E-state index contributed by atoms with van der Waals surface area (Å²) in [4.78, 5) is 0. The second-order valence-corrected chi connectivity index (χ2v) is 4.88. The molecule has 0 aliphatic rings. The molecule has 2 N–H and O–H groups in total. The zero-order valence-corrected chi connectivity index (χ0v) is 11.0. The number of nitrogens with two attached hydrogens (primary N) is 1. The molecule has 0 amide bonds. The minimum atomic E-state index is -0.0931. The average molecular weight is 301 g/mol. The van der Waals surface area contributed by atoms with Gasteiger partial charge >= 0.3 is 0 Å². The first-order valence-corrected chi connectivity index (χ1v) is 6.06. The van der Waals surface area contributed by atoms with E-state index in [0.717, 1.165) is 21.6 Å². The lowest BCUT2D eigenvalue weighted by Gasteiger charge is -2.01. The van der Waals surface area contributed by atoms with Gasteiger partial charge in [0, 0.05) is 10.0 Å². The van der Waals surface area contributed by atoms with Gasteiger partial charge < -0.3 is 10.2 Å². The summed E-state index contributed by atoms with van der Waals surface area (Å²) in [7, 11) is 0. The zero-order valence-electron chi connectivity index (χ0n) is 8.71. The summed E-state index contributed by atoms with van der Waals surface area (Å²) in [6.07, 6.45) is 0. The summed E-state index contributed by atoms with van der Waals surface area (Å²) in [5.41, 5.74) is 6.71. The van der Waals surface area contributed by atoms with Gasteiger partial charge in [-0.05, 0) is 53.2 Å². The molecule has 0 radical (unpaired) electrons. The smallest absolute Gasteiger partial charge is 0.134 e. The van der Waals surface area contributed by atoms with Gasteiger partial charge in [-0.15, -0.1) is 0 Å². The molecule has 4 heteroatoms. The fourth-order valence-corrected chi connectivity index (χ4v) is 1.90. The summed E-state index contributed by atoms with van der Waals surface area (Å²) in [5.74, 6) is 1.57. The number of halogens is 2. The highest BCUT2D eigenvalue weighted by Crippen LogP contribution is 2.30. The molecule has 1 heterocycles. The van der Waals surface area contributed by atoms with Crippen LogP contribution in [0.1, 0.15) is 18.7 Å². The molecular weight excluding hydrogens is 289 g/mol. The first kappa shape index (κ1) is 11.7. The van der Waals surface area contributed by atoms with Gasteiger partial charge in [0.25, 0.3) is 0 Å². The number of rotatable bonds is 2. The molecule has 0 saturated heterocycles. The van der Waals surface area contributed by atoms with Crippen molar-refractivity contribution in [3.05, 3.63) is 45.6 Å². The molecule has 84 valence electrons. The van der Waals surface area contributed by atoms with Crippen molar-refractivity contribution in [3.8, 4) is 11.3 Å². The molecule has 2 nitrogen and oxygen atoms in total. The van der Waals surface area contributed by atoms with E-state index >= 15 is 0 Å². The van der Waals surface area contributed by atoms with Crippen molar-refractivity contribution in [2.45, 2.75) is 13.0 Å². The minimum Gasteiger partial charge on any atom is -0.459 e. The van der Waals surface area contributed by atoms with E-state index in [0.29, 0.717) is 5.02 Å². The lowest BCUT2D eigenvalue weighted by molar-refractivity contribution is 0.491. The largest absolute Gasteiger partial charge is 0.459 e. The molecule has 0 aliphatic carbocycles. The number of benzene rings is 1. The fraction of sp³-hybridized carbons (Fsp3) is 0.167. The first-order chi connectivity index (χ1) is 7.58. The predicted octanol–water partition coefficient (Wildman–Crippen LogP) is 4.38. The van der Waals surface area contributed by atoms with Crippen molar-refractivity contribution in [1.29, 1.82) is 0 Å². The molecule has 1 aromatic heterocycles. The van der Waals surface area contributed by atoms with Crippen LogP contribution in [0.4, 0.5) is 0 Å². The maximum absolute atomic E-state index is 5.93. The molecule has 16 heavy (non-hydrogen) atoms. The lowest BCUT2D eigenvalue weighted by Crippen LogP contribution is -2.02. The highest BCUT2D eigenvalue weighted by atomic mass is 79.9. The van der Waals surface area contributed by atoms with Crippen LogP contribution in [0.5, 0.6) is 0 Å². The van der Waals surface area contributed by atoms with Gasteiger partial charge in [0.1, 0.15) is 11.5 Å². The molecule has 2 aromatic rings. The van der Waals surface area contributed by atoms with Crippen LogP contribution < -0.4 is 5.73 Å². The van der Waals surface area contributed by atoms with E-state index in [-0.39, 0.29) is 6.04 Å². The van der Waals surface area contributed by atoms with Crippen LogP contribution in [0.3, 0.4) is 0 Å². The number of hydrogen-bond acceptors (Lipinski definition) is 2. The standard InChI is InChI=1S/C12H11BrClNO/c1-7(15)11-4-5-12(16-11)8-2-3-10(14)9(13)6-8/h2-7H,15H2,1H3. The van der Waals surface area contributed by atoms with E-state index in [1.807, 2.05) is 37.3 Å². The monoisotopic (exact) mass is 299 g/mol. The molecule has 0 bridgehead atoms. The van der Waals surface area contributed by atoms with Gasteiger partial charge in [-0.2, -0.15) is 0 Å². The molecule has 0 saturated carbocycles. The second-order valence-electron chi connectivity index (χ2n) is 3.62. The third-order valence-electron chi connectivity index (χ3n) is 2.28. The summed E-state index contributed by atoms with van der Waals surface area (Å²) in [6, 6.07) is 9.37. The van der Waals surface area contributed by atoms with E-state index in [2.05, 4.69) is 15.9 Å². The summed E-state index contributed by atoms with van der Waals surface area (Å²) in [6.45, 7) is 1.89. The number of hydrogen-bond donors (Lipinski definition) is 1. The van der Waals surface area contributed by atoms with Gasteiger partial charge in [-0.25, -0.2) is 0 Å². The van der Waals surface area contributed by atoms with Gasteiger partial charge in [0.05, 0.1) is 11.1 Å². The maximum atomic E-state index is 5.93. The number of furan rings is 1. The first-order valence-electron chi connectivity index (χ1n) is 4.88. The molecule has 1 aromatic carbocycles. The molecule has 0 spiro atoms. The fourth-order valence-electron chi connectivity index (χ4n) is 1.40. The third kappa shape index (κ3) is 2.32.